The van der Waals surface area contributed by atoms with E-state index in [9.17, 15) is 0 Å². The van der Waals surface area contributed by atoms with Crippen LogP contribution in [0.15, 0.2) is 18.2 Å². The Morgan fingerprint density at radius 3 is 3.18 bits per heavy atom. The molecule has 2 aliphatic heterocycles. The lowest BCUT2D eigenvalue weighted by Crippen LogP contribution is -2.34. The fraction of sp³-hybridized carbons (Fsp3) is 0.600. The topological polar surface area (TPSA) is 21.3 Å². The minimum absolute atomic E-state index is 0.671. The first kappa shape index (κ1) is 11.1. The molecule has 2 nitrogen and oxygen atoms in total. The summed E-state index contributed by atoms with van der Waals surface area (Å²) >= 11 is 0. The van der Waals surface area contributed by atoms with E-state index in [0.29, 0.717) is 11.8 Å². The molecule has 0 amide bonds. The lowest BCUT2D eigenvalue weighted by atomic mass is 9.81. The summed E-state index contributed by atoms with van der Waals surface area (Å²) in [6.45, 7) is 5.51. The van der Waals surface area contributed by atoms with Gasteiger partial charge in [0.15, 0.2) is 0 Å². The molecule has 2 unspecified atom stereocenters. The molecule has 1 aromatic rings. The van der Waals surface area contributed by atoms with Gasteiger partial charge >= 0.3 is 0 Å². The van der Waals surface area contributed by atoms with Gasteiger partial charge < -0.3 is 10.1 Å². The van der Waals surface area contributed by atoms with E-state index in [1.807, 2.05) is 0 Å². The summed E-state index contributed by atoms with van der Waals surface area (Å²) in [4.78, 5) is 0. The molecule has 2 heterocycles. The van der Waals surface area contributed by atoms with Crippen LogP contribution >= 0.6 is 0 Å². The zero-order valence-electron chi connectivity index (χ0n) is 10.5. The first-order chi connectivity index (χ1) is 8.36. The molecule has 2 heteroatoms. The third kappa shape index (κ3) is 2.06. The average molecular weight is 231 g/mol. The predicted octanol–water partition coefficient (Wildman–Crippen LogP) is 2.72. The summed E-state index contributed by atoms with van der Waals surface area (Å²) in [5.41, 5.74) is 2.87. The maximum absolute atomic E-state index is 5.94. The van der Waals surface area contributed by atoms with Crippen LogP contribution in [0.25, 0.3) is 0 Å². The van der Waals surface area contributed by atoms with Gasteiger partial charge in [0.1, 0.15) is 5.75 Å². The van der Waals surface area contributed by atoms with Crippen LogP contribution in [0.4, 0.5) is 0 Å². The fourth-order valence-electron chi connectivity index (χ4n) is 3.18. The minimum atomic E-state index is 0.671. The molecule has 0 aromatic heterocycles. The van der Waals surface area contributed by atoms with Crippen LogP contribution in [0.5, 0.6) is 5.75 Å². The Kier molecular flexibility index (Phi) is 3.06. The molecule has 1 saturated heterocycles. The lowest BCUT2D eigenvalue weighted by molar-refractivity contribution is 0.273. The Labute approximate surface area is 103 Å². The van der Waals surface area contributed by atoms with E-state index in [4.69, 9.17) is 4.74 Å². The quantitative estimate of drug-likeness (QED) is 0.802. The van der Waals surface area contributed by atoms with Gasteiger partial charge in [-0.3, -0.25) is 0 Å². The van der Waals surface area contributed by atoms with Crippen molar-refractivity contribution in [2.45, 2.75) is 32.1 Å². The number of hydrogen-bond donors (Lipinski definition) is 1. The van der Waals surface area contributed by atoms with Crippen molar-refractivity contribution in [3.63, 3.8) is 0 Å². The van der Waals surface area contributed by atoms with E-state index in [1.54, 1.807) is 0 Å². The van der Waals surface area contributed by atoms with Crippen LogP contribution in [0.3, 0.4) is 0 Å². The highest BCUT2D eigenvalue weighted by molar-refractivity contribution is 5.45. The van der Waals surface area contributed by atoms with Crippen LogP contribution in [0, 0.1) is 5.92 Å². The molecule has 0 spiro atoms. The largest absolute Gasteiger partial charge is 0.493 e. The van der Waals surface area contributed by atoms with Crippen LogP contribution in [0.1, 0.15) is 36.8 Å². The van der Waals surface area contributed by atoms with Crippen molar-refractivity contribution in [3.05, 3.63) is 29.3 Å². The highest BCUT2D eigenvalue weighted by atomic mass is 16.5. The lowest BCUT2D eigenvalue weighted by Gasteiger charge is -2.32. The third-order valence-corrected chi connectivity index (χ3v) is 4.15. The first-order valence-corrected chi connectivity index (χ1v) is 6.81. The molecule has 0 saturated carbocycles. The molecule has 0 bridgehead atoms. The van der Waals surface area contributed by atoms with Crippen molar-refractivity contribution in [2.75, 3.05) is 19.7 Å². The Hall–Kier alpha value is -1.02. The van der Waals surface area contributed by atoms with E-state index >= 15 is 0 Å². The Morgan fingerprint density at radius 2 is 2.29 bits per heavy atom. The van der Waals surface area contributed by atoms with Crippen molar-refractivity contribution in [3.8, 4) is 5.75 Å². The molecule has 1 fully saturated rings. The molecule has 2 atom stereocenters. The van der Waals surface area contributed by atoms with Gasteiger partial charge in [-0.15, -0.1) is 0 Å². The number of fused-ring (bicyclic) bond motifs is 1. The Bertz CT molecular complexity index is 402. The van der Waals surface area contributed by atoms with Crippen molar-refractivity contribution in [1.29, 1.82) is 0 Å². The highest BCUT2D eigenvalue weighted by Gasteiger charge is 2.27. The van der Waals surface area contributed by atoms with Gasteiger partial charge in [0.25, 0.3) is 0 Å². The van der Waals surface area contributed by atoms with E-state index in [-0.39, 0.29) is 0 Å². The summed E-state index contributed by atoms with van der Waals surface area (Å²) in [5, 5.41) is 3.47. The van der Waals surface area contributed by atoms with Crippen LogP contribution in [-0.2, 0) is 6.42 Å². The second kappa shape index (κ2) is 4.69. The molecule has 0 aliphatic carbocycles. The Balaban J connectivity index is 1.96. The molecule has 1 aromatic carbocycles. The maximum Gasteiger partial charge on any atom is 0.125 e. The van der Waals surface area contributed by atoms with Crippen molar-refractivity contribution >= 4 is 0 Å². The SMILES string of the molecule is CC1CNCCC1c1cccc2c1OCCC2. The van der Waals surface area contributed by atoms with E-state index in [1.165, 1.54) is 29.7 Å². The summed E-state index contributed by atoms with van der Waals surface area (Å²) in [7, 11) is 0. The van der Waals surface area contributed by atoms with Gasteiger partial charge in [0, 0.05) is 0 Å². The molecular formula is C15H21NO. The van der Waals surface area contributed by atoms with Crippen molar-refractivity contribution in [1.82, 2.24) is 5.32 Å². The van der Waals surface area contributed by atoms with Gasteiger partial charge in [-0.2, -0.15) is 0 Å². The van der Waals surface area contributed by atoms with E-state index in [0.717, 1.165) is 26.1 Å². The van der Waals surface area contributed by atoms with Crippen LogP contribution < -0.4 is 10.1 Å². The zero-order chi connectivity index (χ0) is 11.7. The third-order valence-electron chi connectivity index (χ3n) is 4.15. The van der Waals surface area contributed by atoms with Gasteiger partial charge in [0.05, 0.1) is 6.61 Å². The van der Waals surface area contributed by atoms with Gasteiger partial charge in [-0.25, -0.2) is 0 Å². The molecular weight excluding hydrogens is 210 g/mol. The second-order valence-corrected chi connectivity index (χ2v) is 5.36. The number of para-hydroxylation sites is 1. The summed E-state index contributed by atoms with van der Waals surface area (Å²) < 4.78 is 5.94. The van der Waals surface area contributed by atoms with E-state index in [2.05, 4.69) is 30.4 Å². The van der Waals surface area contributed by atoms with E-state index < -0.39 is 0 Å². The van der Waals surface area contributed by atoms with Crippen LogP contribution in [0.2, 0.25) is 0 Å². The highest BCUT2D eigenvalue weighted by Crippen LogP contribution is 2.39. The number of ether oxygens (including phenoxy) is 1. The second-order valence-electron chi connectivity index (χ2n) is 5.36. The first-order valence-electron chi connectivity index (χ1n) is 6.81. The molecule has 1 N–H and O–H groups in total. The van der Waals surface area contributed by atoms with Gasteiger partial charge in [0.2, 0.25) is 0 Å². The van der Waals surface area contributed by atoms with Gasteiger partial charge in [-0.05, 0) is 55.3 Å². The molecule has 3 rings (SSSR count). The summed E-state index contributed by atoms with van der Waals surface area (Å²) in [5.74, 6) is 2.59. The number of piperidine rings is 1. The minimum Gasteiger partial charge on any atom is -0.493 e. The normalized spacial score (nSPS) is 28.3. The number of benzene rings is 1. The molecule has 17 heavy (non-hydrogen) atoms. The summed E-state index contributed by atoms with van der Waals surface area (Å²) in [6, 6.07) is 6.71. The number of aryl methyl sites for hydroxylation is 1. The number of hydrogen-bond acceptors (Lipinski definition) is 2. The standard InChI is InChI=1S/C15H21NO/c1-11-10-16-8-7-13(11)14-6-2-4-12-5-3-9-17-15(12)14/h2,4,6,11,13,16H,3,5,7-10H2,1H3. The smallest absolute Gasteiger partial charge is 0.125 e. The number of nitrogens with one attached hydrogen (secondary N) is 1. The van der Waals surface area contributed by atoms with Crippen LogP contribution in [-0.4, -0.2) is 19.7 Å². The average Bonchev–Trinajstić information content (AvgIpc) is 2.39. The van der Waals surface area contributed by atoms with Crippen molar-refractivity contribution < 1.29 is 4.74 Å². The van der Waals surface area contributed by atoms with Crippen molar-refractivity contribution in [2.24, 2.45) is 5.92 Å². The molecule has 92 valence electrons. The monoisotopic (exact) mass is 231 g/mol. The zero-order valence-corrected chi connectivity index (χ0v) is 10.5. The maximum atomic E-state index is 5.94. The fourth-order valence-corrected chi connectivity index (χ4v) is 3.18. The number of rotatable bonds is 1. The Morgan fingerprint density at radius 1 is 1.35 bits per heavy atom. The molecule has 2 aliphatic rings. The summed E-state index contributed by atoms with van der Waals surface area (Å²) in [6.07, 6.45) is 3.59. The van der Waals surface area contributed by atoms with Gasteiger partial charge in [-0.1, -0.05) is 25.1 Å². The molecule has 0 radical (unpaired) electrons. The predicted molar refractivity (Wildman–Crippen MR) is 69.6 cm³/mol.